The third-order valence-electron chi connectivity index (χ3n) is 5.51. The number of halogens is 3. The van der Waals surface area contributed by atoms with E-state index in [0.717, 1.165) is 50.4 Å². The van der Waals surface area contributed by atoms with Crippen LogP contribution >= 0.6 is 31.9 Å². The summed E-state index contributed by atoms with van der Waals surface area (Å²) >= 11 is 6.58. The second-order valence-electron chi connectivity index (χ2n) is 10.1. The fraction of sp³-hybridized carbons (Fsp3) is 0.250. The Morgan fingerprint density at radius 3 is 1.74 bits per heavy atom. The van der Waals surface area contributed by atoms with E-state index in [4.69, 9.17) is 20.9 Å². The van der Waals surface area contributed by atoms with Crippen LogP contribution in [0.15, 0.2) is 81.7 Å². The van der Waals surface area contributed by atoms with Gasteiger partial charge in [0.1, 0.15) is 11.5 Å². The number of nitrogens with two attached hydrogens (primary N) is 2. The fourth-order valence-corrected chi connectivity index (χ4v) is 4.12. The first-order valence-electron chi connectivity index (χ1n) is 13.4. The van der Waals surface area contributed by atoms with Gasteiger partial charge in [-0.3, -0.25) is 10.1 Å². The van der Waals surface area contributed by atoms with Crippen LogP contribution in [0.25, 0.3) is 0 Å². The molecule has 0 aliphatic rings. The highest BCUT2D eigenvalue weighted by Gasteiger charge is 2.15. The van der Waals surface area contributed by atoms with Gasteiger partial charge in [-0.2, -0.15) is 4.39 Å². The standard InChI is InChI=1S/C16H19BrN2O.C9H13NO.C7H5BrFNO2/c1-10(2)20-13-6-4-12(5-7-13)19-16-9-14(17)11(3)8-15(16)18;1-7(2)11-9-5-3-8(10)4-6-9;1-4-2-7(10(11)12)6(9)3-5(4)8/h4-10,19H,18H2,1-3H3;3-7H,10H2,1-2H3;2-3H,1H3. The molecule has 8 nitrogen and oxygen atoms in total. The van der Waals surface area contributed by atoms with E-state index >= 15 is 0 Å². The van der Waals surface area contributed by atoms with Crippen LogP contribution in [0.5, 0.6) is 11.5 Å². The normalized spacial score (nSPS) is 10.3. The highest BCUT2D eigenvalue weighted by molar-refractivity contribution is 9.10. The van der Waals surface area contributed by atoms with Crippen LogP contribution in [-0.4, -0.2) is 17.1 Å². The number of nitrogens with one attached hydrogen (secondary N) is 1. The monoisotopic (exact) mass is 718 g/mol. The van der Waals surface area contributed by atoms with Crippen molar-refractivity contribution in [2.45, 2.75) is 53.8 Å². The van der Waals surface area contributed by atoms with E-state index in [0.29, 0.717) is 10.0 Å². The van der Waals surface area contributed by atoms with E-state index in [1.165, 1.54) is 6.07 Å². The molecule has 4 aromatic carbocycles. The Bertz CT molecular complexity index is 1500. The van der Waals surface area contributed by atoms with Crippen LogP contribution in [0.3, 0.4) is 0 Å². The molecule has 0 radical (unpaired) electrons. The van der Waals surface area contributed by atoms with Gasteiger partial charge >= 0.3 is 5.69 Å². The van der Waals surface area contributed by atoms with Crippen molar-refractivity contribution in [3.8, 4) is 11.5 Å². The second kappa shape index (κ2) is 16.7. The molecule has 0 amide bonds. The number of rotatable bonds is 7. The zero-order valence-electron chi connectivity index (χ0n) is 25.0. The molecule has 0 heterocycles. The molecule has 43 heavy (non-hydrogen) atoms. The van der Waals surface area contributed by atoms with Crippen molar-refractivity contribution in [2.75, 3.05) is 16.8 Å². The van der Waals surface area contributed by atoms with Crippen LogP contribution in [0.4, 0.5) is 32.8 Å². The van der Waals surface area contributed by atoms with Crippen LogP contribution in [0.2, 0.25) is 0 Å². The Kier molecular flexibility index (Phi) is 13.7. The molecule has 0 saturated heterocycles. The first-order chi connectivity index (χ1) is 20.2. The average molecular weight is 720 g/mol. The summed E-state index contributed by atoms with van der Waals surface area (Å²) in [5, 5.41) is 13.5. The molecule has 4 aromatic rings. The minimum atomic E-state index is -0.822. The summed E-state index contributed by atoms with van der Waals surface area (Å²) in [6.45, 7) is 11.7. The van der Waals surface area contributed by atoms with Crippen molar-refractivity contribution >= 4 is 60.3 Å². The highest BCUT2D eigenvalue weighted by Crippen LogP contribution is 2.30. The number of benzene rings is 4. The number of nitrogens with zero attached hydrogens (tertiary/aromatic N) is 1. The number of nitro groups is 1. The molecule has 5 N–H and O–H groups in total. The zero-order valence-corrected chi connectivity index (χ0v) is 28.1. The Morgan fingerprint density at radius 1 is 0.791 bits per heavy atom. The topological polar surface area (TPSA) is 126 Å². The number of hydrogen-bond donors (Lipinski definition) is 3. The van der Waals surface area contributed by atoms with Crippen molar-refractivity contribution in [3.63, 3.8) is 0 Å². The molecule has 0 fully saturated rings. The van der Waals surface area contributed by atoms with Gasteiger partial charge in [0.15, 0.2) is 0 Å². The van der Waals surface area contributed by atoms with Crippen molar-refractivity contribution in [1.82, 2.24) is 0 Å². The molecule has 11 heteroatoms. The average Bonchev–Trinajstić information content (AvgIpc) is 2.92. The number of anilines is 4. The van der Waals surface area contributed by atoms with E-state index in [2.05, 4.69) is 37.2 Å². The first kappa shape index (κ1) is 35.4. The maximum atomic E-state index is 12.8. The number of nitrogen functional groups attached to an aromatic ring is 2. The quantitative estimate of drug-likeness (QED) is 0.0986. The Balaban J connectivity index is 0.000000241. The zero-order chi connectivity index (χ0) is 32.3. The Hall–Kier alpha value is -3.83. The third-order valence-corrected chi connectivity index (χ3v) is 7.22. The SMILES string of the molecule is CC(C)Oc1ccc(N)cc1.Cc1cc(N)c(Nc2ccc(OC(C)C)cc2)cc1Br.Cc1cc([N+](=O)[O-])c(F)cc1Br. The van der Waals surface area contributed by atoms with E-state index in [-0.39, 0.29) is 12.2 Å². The summed E-state index contributed by atoms with van der Waals surface area (Å²) in [6.07, 6.45) is 0.399. The molecule has 0 aliphatic carbocycles. The number of aryl methyl sites for hydroxylation is 2. The molecule has 0 spiro atoms. The third kappa shape index (κ3) is 12.1. The fourth-order valence-electron chi connectivity index (χ4n) is 3.46. The van der Waals surface area contributed by atoms with Crippen molar-refractivity contribution < 1.29 is 18.8 Å². The smallest absolute Gasteiger partial charge is 0.305 e. The number of hydrogen-bond acceptors (Lipinski definition) is 7. The molecule has 0 aromatic heterocycles. The molecular weight excluding hydrogens is 683 g/mol. The predicted octanol–water partition coefficient (Wildman–Crippen LogP) is 9.73. The van der Waals surface area contributed by atoms with Gasteiger partial charge in [-0.25, -0.2) is 0 Å². The lowest BCUT2D eigenvalue weighted by Crippen LogP contribution is -2.05. The molecular formula is C32H37Br2FN4O4. The summed E-state index contributed by atoms with van der Waals surface area (Å²) in [5.41, 5.74) is 16.2. The molecule has 230 valence electrons. The van der Waals surface area contributed by atoms with Gasteiger partial charge in [0.25, 0.3) is 0 Å². The van der Waals surface area contributed by atoms with Crippen molar-refractivity contribution in [3.05, 3.63) is 109 Å². The first-order valence-corrected chi connectivity index (χ1v) is 15.0. The molecule has 0 saturated carbocycles. The van der Waals surface area contributed by atoms with E-state index in [1.807, 2.05) is 95.3 Å². The molecule has 0 unspecified atom stereocenters. The Morgan fingerprint density at radius 2 is 1.26 bits per heavy atom. The predicted molar refractivity (Wildman–Crippen MR) is 181 cm³/mol. The van der Waals surface area contributed by atoms with Gasteiger partial charge < -0.3 is 26.3 Å². The van der Waals surface area contributed by atoms with E-state index in [1.54, 1.807) is 6.92 Å². The number of ether oxygens (including phenoxy) is 2. The van der Waals surface area contributed by atoms with Gasteiger partial charge in [0.05, 0.1) is 28.5 Å². The van der Waals surface area contributed by atoms with E-state index < -0.39 is 16.4 Å². The second-order valence-corrected chi connectivity index (χ2v) is 11.8. The lowest BCUT2D eigenvalue weighted by Gasteiger charge is -2.13. The summed E-state index contributed by atoms with van der Waals surface area (Å²) < 4.78 is 25.4. The minimum absolute atomic E-state index is 0.178. The van der Waals surface area contributed by atoms with Gasteiger partial charge in [0, 0.05) is 26.4 Å². The lowest BCUT2D eigenvalue weighted by atomic mass is 10.2. The van der Waals surface area contributed by atoms with E-state index in [9.17, 15) is 14.5 Å². The molecule has 0 bridgehead atoms. The van der Waals surface area contributed by atoms with Gasteiger partial charge in [0.2, 0.25) is 5.82 Å². The summed E-state index contributed by atoms with van der Waals surface area (Å²) in [4.78, 5) is 9.49. The lowest BCUT2D eigenvalue weighted by molar-refractivity contribution is -0.387. The minimum Gasteiger partial charge on any atom is -0.491 e. The van der Waals surface area contributed by atoms with Crippen LogP contribution in [0, 0.1) is 29.8 Å². The summed E-state index contributed by atoms with van der Waals surface area (Å²) in [6, 6.07) is 21.5. The van der Waals surface area contributed by atoms with Crippen LogP contribution in [-0.2, 0) is 0 Å². The molecule has 0 atom stereocenters. The van der Waals surface area contributed by atoms with Gasteiger partial charge in [-0.05, 0) is 119 Å². The van der Waals surface area contributed by atoms with Crippen LogP contribution < -0.4 is 26.3 Å². The number of nitro benzene ring substituents is 1. The largest absolute Gasteiger partial charge is 0.491 e. The summed E-state index contributed by atoms with van der Waals surface area (Å²) in [7, 11) is 0. The highest BCUT2D eigenvalue weighted by atomic mass is 79.9. The molecule has 0 aliphatic heterocycles. The van der Waals surface area contributed by atoms with Crippen molar-refractivity contribution in [2.24, 2.45) is 0 Å². The maximum absolute atomic E-state index is 12.8. The van der Waals surface area contributed by atoms with Crippen LogP contribution in [0.1, 0.15) is 38.8 Å². The Labute approximate surface area is 269 Å². The molecule has 4 rings (SSSR count). The summed E-state index contributed by atoms with van der Waals surface area (Å²) in [5.74, 6) is 0.912. The van der Waals surface area contributed by atoms with Crippen molar-refractivity contribution in [1.29, 1.82) is 0 Å². The maximum Gasteiger partial charge on any atom is 0.305 e. The van der Waals surface area contributed by atoms with Gasteiger partial charge in [-0.15, -0.1) is 0 Å². The van der Waals surface area contributed by atoms with Gasteiger partial charge in [-0.1, -0.05) is 31.9 Å².